The Morgan fingerprint density at radius 3 is 2.80 bits per heavy atom. The van der Waals surface area contributed by atoms with Crippen molar-refractivity contribution >= 4 is 27.8 Å². The van der Waals surface area contributed by atoms with Crippen LogP contribution >= 0.6 is 15.9 Å². The number of aromatic nitrogens is 1. The van der Waals surface area contributed by atoms with Crippen molar-refractivity contribution in [3.8, 4) is 11.5 Å². The molecule has 1 aliphatic heterocycles. The second-order valence-corrected chi connectivity index (χ2v) is 4.99. The molecule has 100 valence electrons. The number of fused-ring (bicyclic) bond motifs is 1. The van der Waals surface area contributed by atoms with Gasteiger partial charge in [-0.3, -0.25) is 9.78 Å². The maximum atomic E-state index is 11.9. The van der Waals surface area contributed by atoms with Gasteiger partial charge in [0, 0.05) is 10.7 Å². The molecule has 0 saturated heterocycles. The van der Waals surface area contributed by atoms with Crippen LogP contribution in [0.3, 0.4) is 0 Å². The number of hydrogen-bond donors (Lipinski definition) is 0. The lowest BCUT2D eigenvalue weighted by atomic mass is 10.1. The minimum atomic E-state index is -0.143. The maximum Gasteiger partial charge on any atom is 0.231 e. The molecule has 1 aromatic heterocycles. The first kappa shape index (κ1) is 12.9. The largest absolute Gasteiger partial charge is 0.454 e. The highest BCUT2D eigenvalue weighted by Gasteiger charge is 2.15. The monoisotopic (exact) mass is 331 g/mol. The van der Waals surface area contributed by atoms with E-state index in [-0.39, 0.29) is 12.6 Å². The molecule has 0 amide bonds. The summed E-state index contributed by atoms with van der Waals surface area (Å²) in [5.74, 6) is 1.23. The van der Waals surface area contributed by atoms with Crippen molar-refractivity contribution in [1.29, 1.82) is 0 Å². The molecular weight excluding hydrogens is 322 g/mol. The Morgan fingerprint density at radius 1 is 1.25 bits per heavy atom. The van der Waals surface area contributed by atoms with Crippen LogP contribution in [0, 0.1) is 0 Å². The van der Waals surface area contributed by atoms with Gasteiger partial charge in [0.1, 0.15) is 5.69 Å². The number of hydrogen-bond acceptors (Lipinski definition) is 4. The van der Waals surface area contributed by atoms with E-state index in [0.29, 0.717) is 17.2 Å². The number of allylic oxidation sites excluding steroid dienone is 1. The molecule has 1 aliphatic rings. The number of carbonyl (C=O) groups is 1. The van der Waals surface area contributed by atoms with Crippen LogP contribution < -0.4 is 9.47 Å². The van der Waals surface area contributed by atoms with Gasteiger partial charge in [0.25, 0.3) is 0 Å². The summed E-state index contributed by atoms with van der Waals surface area (Å²) in [6.45, 7) is 0.224. The van der Waals surface area contributed by atoms with Gasteiger partial charge in [-0.15, -0.1) is 0 Å². The molecule has 0 N–H and O–H groups in total. The van der Waals surface area contributed by atoms with Crippen molar-refractivity contribution in [2.24, 2.45) is 0 Å². The Balaban J connectivity index is 1.84. The van der Waals surface area contributed by atoms with E-state index in [1.165, 1.54) is 6.08 Å². The minimum absolute atomic E-state index is 0.143. The van der Waals surface area contributed by atoms with Crippen LogP contribution in [-0.2, 0) is 0 Å². The number of ether oxygens (including phenoxy) is 2. The first-order valence-electron chi connectivity index (χ1n) is 5.96. The Morgan fingerprint density at radius 2 is 2.05 bits per heavy atom. The van der Waals surface area contributed by atoms with Gasteiger partial charge in [-0.05, 0) is 42.0 Å². The third-order valence-electron chi connectivity index (χ3n) is 2.82. The standard InChI is InChI=1S/C15H10BrNO3/c16-11-8-15-14(19-9-20-15)7-10(11)4-5-13(18)12-3-1-2-6-17-12/h1-8H,9H2. The van der Waals surface area contributed by atoms with E-state index < -0.39 is 0 Å². The van der Waals surface area contributed by atoms with Crippen LogP contribution in [0.15, 0.2) is 47.1 Å². The lowest BCUT2D eigenvalue weighted by Crippen LogP contribution is -1.96. The molecule has 0 bridgehead atoms. The molecule has 0 atom stereocenters. The number of carbonyl (C=O) groups excluding carboxylic acids is 1. The van der Waals surface area contributed by atoms with E-state index in [1.807, 2.05) is 12.1 Å². The molecule has 3 rings (SSSR count). The normalized spacial score (nSPS) is 12.8. The van der Waals surface area contributed by atoms with E-state index in [0.717, 1.165) is 10.0 Å². The number of benzene rings is 1. The second-order valence-electron chi connectivity index (χ2n) is 4.14. The molecule has 0 unspecified atom stereocenters. The van der Waals surface area contributed by atoms with Gasteiger partial charge >= 0.3 is 0 Å². The van der Waals surface area contributed by atoms with Gasteiger partial charge < -0.3 is 9.47 Å². The molecule has 2 heterocycles. The lowest BCUT2D eigenvalue weighted by molar-refractivity contribution is 0.104. The number of rotatable bonds is 3. The Kier molecular flexibility index (Phi) is 3.52. The lowest BCUT2D eigenvalue weighted by Gasteiger charge is -2.01. The van der Waals surface area contributed by atoms with Crippen LogP contribution in [0.25, 0.3) is 6.08 Å². The third kappa shape index (κ3) is 2.58. The van der Waals surface area contributed by atoms with Crippen LogP contribution in [0.1, 0.15) is 16.1 Å². The van der Waals surface area contributed by atoms with Crippen molar-refractivity contribution in [2.45, 2.75) is 0 Å². The van der Waals surface area contributed by atoms with Gasteiger partial charge in [0.05, 0.1) is 0 Å². The maximum absolute atomic E-state index is 11.9. The fourth-order valence-electron chi connectivity index (χ4n) is 1.82. The molecule has 2 aromatic rings. The minimum Gasteiger partial charge on any atom is -0.454 e. The van der Waals surface area contributed by atoms with E-state index in [1.54, 1.807) is 30.5 Å². The summed E-state index contributed by atoms with van der Waals surface area (Å²) in [4.78, 5) is 16.0. The van der Waals surface area contributed by atoms with Crippen LogP contribution in [-0.4, -0.2) is 17.6 Å². The zero-order valence-corrected chi connectivity index (χ0v) is 12.0. The van der Waals surface area contributed by atoms with Crippen LogP contribution in [0.4, 0.5) is 0 Å². The molecule has 20 heavy (non-hydrogen) atoms. The Bertz CT molecular complexity index is 683. The molecule has 0 radical (unpaired) electrons. The second kappa shape index (κ2) is 5.46. The summed E-state index contributed by atoms with van der Waals surface area (Å²) < 4.78 is 11.4. The van der Waals surface area contributed by atoms with Gasteiger partial charge in [-0.25, -0.2) is 0 Å². The van der Waals surface area contributed by atoms with Gasteiger partial charge in [-0.1, -0.05) is 22.0 Å². The topological polar surface area (TPSA) is 48.4 Å². The molecule has 0 aliphatic carbocycles. The average Bonchev–Trinajstić information content (AvgIpc) is 2.92. The Hall–Kier alpha value is -2.14. The summed E-state index contributed by atoms with van der Waals surface area (Å²) in [5.41, 5.74) is 1.26. The number of halogens is 1. The summed E-state index contributed by atoms with van der Waals surface area (Å²) in [6.07, 6.45) is 4.81. The molecule has 5 heteroatoms. The number of nitrogens with zero attached hydrogens (tertiary/aromatic N) is 1. The first-order valence-corrected chi connectivity index (χ1v) is 6.76. The number of pyridine rings is 1. The molecule has 1 aromatic carbocycles. The highest BCUT2D eigenvalue weighted by Crippen LogP contribution is 2.37. The van der Waals surface area contributed by atoms with E-state index in [9.17, 15) is 4.79 Å². The van der Waals surface area contributed by atoms with E-state index in [2.05, 4.69) is 20.9 Å². The zero-order valence-electron chi connectivity index (χ0n) is 10.4. The third-order valence-corrected chi connectivity index (χ3v) is 3.51. The fraction of sp³-hybridized carbons (Fsp3) is 0.0667. The van der Waals surface area contributed by atoms with Gasteiger partial charge in [0.2, 0.25) is 12.6 Å². The zero-order chi connectivity index (χ0) is 13.9. The molecule has 0 spiro atoms. The van der Waals surface area contributed by atoms with Crippen LogP contribution in [0.2, 0.25) is 0 Å². The molecular formula is C15H10BrNO3. The first-order chi connectivity index (χ1) is 9.74. The predicted octanol–water partition coefficient (Wildman–Crippen LogP) is 3.47. The highest BCUT2D eigenvalue weighted by atomic mass is 79.9. The fourth-order valence-corrected chi connectivity index (χ4v) is 2.27. The molecule has 0 saturated carbocycles. The van der Waals surface area contributed by atoms with Crippen molar-refractivity contribution in [2.75, 3.05) is 6.79 Å². The highest BCUT2D eigenvalue weighted by molar-refractivity contribution is 9.10. The van der Waals surface area contributed by atoms with Crippen molar-refractivity contribution < 1.29 is 14.3 Å². The predicted molar refractivity (Wildman–Crippen MR) is 77.9 cm³/mol. The molecule has 0 fully saturated rings. The van der Waals surface area contributed by atoms with Crippen molar-refractivity contribution in [3.63, 3.8) is 0 Å². The van der Waals surface area contributed by atoms with Gasteiger partial charge in [-0.2, -0.15) is 0 Å². The summed E-state index contributed by atoms with van der Waals surface area (Å²) >= 11 is 3.44. The van der Waals surface area contributed by atoms with Gasteiger partial charge in [0.15, 0.2) is 11.5 Å². The van der Waals surface area contributed by atoms with Crippen molar-refractivity contribution in [3.05, 3.63) is 58.3 Å². The molecule has 4 nitrogen and oxygen atoms in total. The smallest absolute Gasteiger partial charge is 0.231 e. The van der Waals surface area contributed by atoms with E-state index >= 15 is 0 Å². The summed E-state index contributed by atoms with van der Waals surface area (Å²) in [6, 6.07) is 8.89. The Labute approximate surface area is 124 Å². The van der Waals surface area contributed by atoms with Crippen LogP contribution in [0.5, 0.6) is 11.5 Å². The number of ketones is 1. The summed E-state index contributed by atoms with van der Waals surface area (Å²) in [5, 5.41) is 0. The van der Waals surface area contributed by atoms with Crippen molar-refractivity contribution in [1.82, 2.24) is 4.98 Å². The average molecular weight is 332 g/mol. The SMILES string of the molecule is O=C(C=Cc1cc2c(cc1Br)OCO2)c1ccccn1. The summed E-state index contributed by atoms with van der Waals surface area (Å²) in [7, 11) is 0. The quantitative estimate of drug-likeness (QED) is 0.638. The van der Waals surface area contributed by atoms with E-state index in [4.69, 9.17) is 9.47 Å².